The maximum Gasteiger partial charge on any atom is 0.0810 e. The lowest BCUT2D eigenvalue weighted by Gasteiger charge is -2.65. The van der Waals surface area contributed by atoms with Gasteiger partial charge in [-0.3, -0.25) is 0 Å². The summed E-state index contributed by atoms with van der Waals surface area (Å²) in [6, 6.07) is 0. The lowest BCUT2D eigenvalue weighted by molar-refractivity contribution is -0.210. The average molecular weight is 320 g/mol. The summed E-state index contributed by atoms with van der Waals surface area (Å²) in [6.45, 7) is 8.98. The van der Waals surface area contributed by atoms with Crippen LogP contribution in [0.2, 0.25) is 0 Å². The Morgan fingerprint density at radius 1 is 1.17 bits per heavy atom. The van der Waals surface area contributed by atoms with Crippen LogP contribution in [0.25, 0.3) is 0 Å². The second-order valence-electron chi connectivity index (χ2n) is 9.66. The zero-order valence-electron chi connectivity index (χ0n) is 14.6. The fourth-order valence-corrected chi connectivity index (χ4v) is 7.80. The minimum absolute atomic E-state index is 0.0178. The summed E-state index contributed by atoms with van der Waals surface area (Å²) in [5.74, 6) is 0.881. The number of hydrogen-bond donors (Lipinski definition) is 3. The van der Waals surface area contributed by atoms with E-state index in [0.717, 1.165) is 50.5 Å². The van der Waals surface area contributed by atoms with Crippen LogP contribution < -0.4 is 0 Å². The standard InChI is InChI=1S/C20H32O3/c1-12-13-9-14(22)16-19(3)7-4-6-18(2,11-21)15(19)5-8-20(16,10-13)17(12)23/h13-17,21-23H,1,4-11H2,2-3H3/t13-,14+,15-,16+,17-,18+,19-,20-/m1/s1. The highest BCUT2D eigenvalue weighted by Gasteiger charge is 2.68. The van der Waals surface area contributed by atoms with Crippen molar-refractivity contribution in [3.05, 3.63) is 12.2 Å². The second kappa shape index (κ2) is 4.83. The second-order valence-corrected chi connectivity index (χ2v) is 9.66. The van der Waals surface area contributed by atoms with Crippen LogP contribution in [-0.4, -0.2) is 34.1 Å². The highest BCUT2D eigenvalue weighted by atomic mass is 16.3. The van der Waals surface area contributed by atoms with Gasteiger partial charge in [0.15, 0.2) is 0 Å². The van der Waals surface area contributed by atoms with Gasteiger partial charge in [0, 0.05) is 12.0 Å². The van der Waals surface area contributed by atoms with Crippen LogP contribution in [0.3, 0.4) is 0 Å². The fourth-order valence-electron chi connectivity index (χ4n) is 7.80. The van der Waals surface area contributed by atoms with Gasteiger partial charge in [-0.15, -0.1) is 0 Å². The van der Waals surface area contributed by atoms with Gasteiger partial charge < -0.3 is 15.3 Å². The van der Waals surface area contributed by atoms with Crippen molar-refractivity contribution in [2.24, 2.45) is 34.0 Å². The minimum atomic E-state index is -0.449. The molecule has 3 N–H and O–H groups in total. The van der Waals surface area contributed by atoms with E-state index >= 15 is 0 Å². The molecule has 0 radical (unpaired) electrons. The van der Waals surface area contributed by atoms with Crippen molar-refractivity contribution in [3.8, 4) is 0 Å². The van der Waals surface area contributed by atoms with Crippen molar-refractivity contribution in [3.63, 3.8) is 0 Å². The third-order valence-electron chi connectivity index (χ3n) is 8.65. The van der Waals surface area contributed by atoms with E-state index in [-0.39, 0.29) is 34.9 Å². The third kappa shape index (κ3) is 1.82. The van der Waals surface area contributed by atoms with Crippen molar-refractivity contribution >= 4 is 0 Å². The summed E-state index contributed by atoms with van der Waals surface area (Å²) in [5.41, 5.74) is 0.781. The molecule has 4 saturated carbocycles. The van der Waals surface area contributed by atoms with Crippen LogP contribution in [0.4, 0.5) is 0 Å². The van der Waals surface area contributed by atoms with Crippen molar-refractivity contribution in [2.75, 3.05) is 6.61 Å². The van der Waals surface area contributed by atoms with E-state index < -0.39 is 6.10 Å². The first-order chi connectivity index (χ1) is 10.8. The van der Waals surface area contributed by atoms with E-state index in [2.05, 4.69) is 20.4 Å². The van der Waals surface area contributed by atoms with Crippen LogP contribution in [0.15, 0.2) is 12.2 Å². The van der Waals surface area contributed by atoms with Crippen LogP contribution >= 0.6 is 0 Å². The lowest BCUT2D eigenvalue weighted by Crippen LogP contribution is -2.62. The maximum absolute atomic E-state index is 11.0. The Hall–Kier alpha value is -0.380. The summed E-state index contributed by atoms with van der Waals surface area (Å²) in [6.07, 6.45) is 6.33. The molecule has 0 saturated heterocycles. The Kier molecular flexibility index (Phi) is 3.38. The highest BCUT2D eigenvalue weighted by Crippen LogP contribution is 2.71. The number of rotatable bonds is 1. The Labute approximate surface area is 139 Å². The van der Waals surface area contributed by atoms with E-state index in [1.54, 1.807) is 0 Å². The molecule has 0 unspecified atom stereocenters. The molecular weight excluding hydrogens is 288 g/mol. The predicted octanol–water partition coefficient (Wildman–Crippen LogP) is 2.89. The molecule has 23 heavy (non-hydrogen) atoms. The number of fused-ring (bicyclic) bond motifs is 3. The molecule has 3 nitrogen and oxygen atoms in total. The zero-order chi connectivity index (χ0) is 16.6. The topological polar surface area (TPSA) is 60.7 Å². The molecule has 0 aromatic rings. The third-order valence-corrected chi connectivity index (χ3v) is 8.65. The van der Waals surface area contributed by atoms with Crippen LogP contribution in [0.5, 0.6) is 0 Å². The van der Waals surface area contributed by atoms with Gasteiger partial charge in [0.2, 0.25) is 0 Å². The van der Waals surface area contributed by atoms with Gasteiger partial charge in [0.1, 0.15) is 0 Å². The Balaban J connectivity index is 1.80. The van der Waals surface area contributed by atoms with Crippen molar-refractivity contribution in [1.82, 2.24) is 0 Å². The Morgan fingerprint density at radius 2 is 1.91 bits per heavy atom. The van der Waals surface area contributed by atoms with Gasteiger partial charge in [0.25, 0.3) is 0 Å². The molecule has 2 bridgehead atoms. The molecule has 3 heteroatoms. The average Bonchev–Trinajstić information content (AvgIpc) is 2.68. The van der Waals surface area contributed by atoms with Gasteiger partial charge in [0.05, 0.1) is 12.2 Å². The maximum atomic E-state index is 11.0. The Bertz CT molecular complexity index is 531. The summed E-state index contributed by atoms with van der Waals surface area (Å²) in [5, 5.41) is 32.1. The molecule has 8 atom stereocenters. The van der Waals surface area contributed by atoms with Crippen molar-refractivity contribution in [2.45, 2.75) is 71.0 Å². The molecule has 0 heterocycles. The summed E-state index contributed by atoms with van der Waals surface area (Å²) >= 11 is 0. The first-order valence-corrected chi connectivity index (χ1v) is 9.44. The van der Waals surface area contributed by atoms with E-state index in [1.807, 2.05) is 0 Å². The summed E-state index contributed by atoms with van der Waals surface area (Å²) < 4.78 is 0. The van der Waals surface area contributed by atoms with E-state index in [1.165, 1.54) is 0 Å². The predicted molar refractivity (Wildman–Crippen MR) is 89.7 cm³/mol. The van der Waals surface area contributed by atoms with E-state index in [9.17, 15) is 15.3 Å². The first kappa shape index (κ1) is 16.1. The molecule has 4 aliphatic rings. The van der Waals surface area contributed by atoms with Gasteiger partial charge in [-0.2, -0.15) is 0 Å². The molecular formula is C20H32O3. The number of aliphatic hydroxyl groups excluding tert-OH is 3. The Morgan fingerprint density at radius 3 is 2.61 bits per heavy atom. The van der Waals surface area contributed by atoms with Crippen molar-refractivity contribution in [1.29, 1.82) is 0 Å². The molecule has 1 spiro atoms. The van der Waals surface area contributed by atoms with Crippen LogP contribution in [0, 0.1) is 34.0 Å². The molecule has 4 fully saturated rings. The molecule has 4 rings (SSSR count). The SMILES string of the molecule is C=C1[C@@H]2C[C@H](O)[C@H]3[C@]4(C)CCC[C@@](C)(CO)[C@H]4CC[C@]3(C2)[C@@H]1O. The van der Waals surface area contributed by atoms with Gasteiger partial charge in [-0.1, -0.05) is 26.8 Å². The summed E-state index contributed by atoms with van der Waals surface area (Å²) in [7, 11) is 0. The smallest absolute Gasteiger partial charge is 0.0810 e. The van der Waals surface area contributed by atoms with E-state index in [0.29, 0.717) is 11.8 Å². The molecule has 0 aromatic heterocycles. The van der Waals surface area contributed by atoms with E-state index in [4.69, 9.17) is 0 Å². The normalized spacial score (nSPS) is 58.7. The van der Waals surface area contributed by atoms with Gasteiger partial charge >= 0.3 is 0 Å². The van der Waals surface area contributed by atoms with Crippen molar-refractivity contribution < 1.29 is 15.3 Å². The number of hydrogen-bond acceptors (Lipinski definition) is 3. The summed E-state index contributed by atoms with van der Waals surface area (Å²) in [4.78, 5) is 0. The molecule has 4 aliphatic carbocycles. The quantitative estimate of drug-likeness (QED) is 0.651. The minimum Gasteiger partial charge on any atom is -0.396 e. The number of aliphatic hydroxyl groups is 3. The fraction of sp³-hybridized carbons (Fsp3) is 0.900. The monoisotopic (exact) mass is 320 g/mol. The van der Waals surface area contributed by atoms with Gasteiger partial charge in [-0.05, 0) is 72.7 Å². The zero-order valence-corrected chi connectivity index (χ0v) is 14.6. The molecule has 0 amide bonds. The molecule has 130 valence electrons. The highest BCUT2D eigenvalue weighted by molar-refractivity contribution is 5.28. The molecule has 0 aromatic carbocycles. The molecule has 0 aliphatic heterocycles. The largest absolute Gasteiger partial charge is 0.396 e. The first-order valence-electron chi connectivity index (χ1n) is 9.44. The lowest BCUT2D eigenvalue weighted by atomic mass is 9.40. The van der Waals surface area contributed by atoms with Gasteiger partial charge in [-0.25, -0.2) is 0 Å². The van der Waals surface area contributed by atoms with Crippen LogP contribution in [0.1, 0.15) is 58.8 Å². The van der Waals surface area contributed by atoms with Crippen LogP contribution in [-0.2, 0) is 0 Å².